The van der Waals surface area contributed by atoms with Crippen LogP contribution in [0.1, 0.15) is 24.7 Å². The molecule has 23 heavy (non-hydrogen) atoms. The van der Waals surface area contributed by atoms with Crippen LogP contribution >= 0.6 is 11.8 Å². The molecular weight excluding hydrogens is 312 g/mol. The standard InChI is InChI=1S/C14H18N8S/c1-3-8-21-12(16-19-20-21)9-23-14-18-17-13(22(14)15)11-6-4-10(2)5-7-11/h4-7H,3,8-9,15H2,1-2H3. The van der Waals surface area contributed by atoms with Crippen molar-refractivity contribution in [1.29, 1.82) is 0 Å². The third-order valence-corrected chi connectivity index (χ3v) is 4.29. The first kappa shape index (κ1) is 15.5. The number of thioether (sulfide) groups is 1. The third kappa shape index (κ3) is 3.34. The van der Waals surface area contributed by atoms with E-state index in [4.69, 9.17) is 5.84 Å². The lowest BCUT2D eigenvalue weighted by Crippen LogP contribution is -2.12. The van der Waals surface area contributed by atoms with Gasteiger partial charge in [-0.05, 0) is 23.8 Å². The van der Waals surface area contributed by atoms with Crippen molar-refractivity contribution in [2.24, 2.45) is 0 Å². The Morgan fingerprint density at radius 1 is 1.13 bits per heavy atom. The van der Waals surface area contributed by atoms with Gasteiger partial charge in [-0.15, -0.1) is 15.3 Å². The fourth-order valence-electron chi connectivity index (χ4n) is 2.12. The number of nitrogens with two attached hydrogens (primary N) is 1. The van der Waals surface area contributed by atoms with E-state index in [0.29, 0.717) is 16.7 Å². The Morgan fingerprint density at radius 2 is 1.91 bits per heavy atom. The molecule has 2 heterocycles. The fourth-order valence-corrected chi connectivity index (χ4v) is 2.91. The van der Waals surface area contributed by atoms with Gasteiger partial charge in [0, 0.05) is 12.1 Å². The summed E-state index contributed by atoms with van der Waals surface area (Å²) in [6.45, 7) is 4.93. The highest BCUT2D eigenvalue weighted by Crippen LogP contribution is 2.23. The molecule has 0 aliphatic heterocycles. The van der Waals surface area contributed by atoms with E-state index in [0.717, 1.165) is 24.4 Å². The van der Waals surface area contributed by atoms with Crippen molar-refractivity contribution in [2.45, 2.75) is 37.7 Å². The number of rotatable bonds is 6. The number of hydrogen-bond acceptors (Lipinski definition) is 7. The van der Waals surface area contributed by atoms with Crippen LogP contribution in [0.25, 0.3) is 11.4 Å². The summed E-state index contributed by atoms with van der Waals surface area (Å²) in [5.41, 5.74) is 2.13. The zero-order valence-corrected chi connectivity index (χ0v) is 13.9. The number of nitrogens with zero attached hydrogens (tertiary/aromatic N) is 7. The minimum Gasteiger partial charge on any atom is -0.335 e. The van der Waals surface area contributed by atoms with E-state index in [2.05, 4.69) is 32.6 Å². The van der Waals surface area contributed by atoms with Crippen LogP contribution in [0.3, 0.4) is 0 Å². The Morgan fingerprint density at radius 3 is 2.65 bits per heavy atom. The number of tetrazole rings is 1. The van der Waals surface area contributed by atoms with Crippen LogP contribution in [0.5, 0.6) is 0 Å². The largest absolute Gasteiger partial charge is 0.335 e. The van der Waals surface area contributed by atoms with Gasteiger partial charge in [-0.3, -0.25) is 0 Å². The van der Waals surface area contributed by atoms with Gasteiger partial charge in [0.15, 0.2) is 11.6 Å². The van der Waals surface area contributed by atoms with Gasteiger partial charge in [0.2, 0.25) is 5.16 Å². The van der Waals surface area contributed by atoms with E-state index < -0.39 is 0 Å². The number of aryl methyl sites for hydroxylation is 2. The van der Waals surface area contributed by atoms with Gasteiger partial charge in [-0.25, -0.2) is 9.36 Å². The molecule has 0 atom stereocenters. The second-order valence-electron chi connectivity index (χ2n) is 5.15. The van der Waals surface area contributed by atoms with Gasteiger partial charge in [0.1, 0.15) is 0 Å². The molecule has 0 aliphatic carbocycles. The van der Waals surface area contributed by atoms with Crippen molar-refractivity contribution in [1.82, 2.24) is 35.1 Å². The molecule has 120 valence electrons. The van der Waals surface area contributed by atoms with Crippen LogP contribution in [0.2, 0.25) is 0 Å². The molecule has 0 spiro atoms. The van der Waals surface area contributed by atoms with Crippen LogP contribution in [-0.4, -0.2) is 35.1 Å². The smallest absolute Gasteiger partial charge is 0.210 e. The van der Waals surface area contributed by atoms with Crippen molar-refractivity contribution in [3.8, 4) is 11.4 Å². The minimum absolute atomic E-state index is 0.593. The molecule has 8 nitrogen and oxygen atoms in total. The van der Waals surface area contributed by atoms with Crippen molar-refractivity contribution in [3.05, 3.63) is 35.7 Å². The van der Waals surface area contributed by atoms with E-state index in [1.54, 1.807) is 4.68 Å². The number of aromatic nitrogens is 7. The van der Waals surface area contributed by atoms with Gasteiger partial charge < -0.3 is 5.84 Å². The van der Waals surface area contributed by atoms with E-state index in [1.807, 2.05) is 31.2 Å². The number of nitrogen functional groups attached to an aromatic ring is 1. The molecule has 0 saturated carbocycles. The van der Waals surface area contributed by atoms with Gasteiger partial charge in [-0.2, -0.15) is 0 Å². The molecule has 0 fully saturated rings. The molecule has 0 bridgehead atoms. The number of hydrogen-bond donors (Lipinski definition) is 1. The highest BCUT2D eigenvalue weighted by molar-refractivity contribution is 7.98. The summed E-state index contributed by atoms with van der Waals surface area (Å²) in [5.74, 6) is 8.16. The second-order valence-corrected chi connectivity index (χ2v) is 6.09. The Bertz CT molecular complexity index is 776. The quantitative estimate of drug-likeness (QED) is 0.542. The topological polar surface area (TPSA) is 100 Å². The van der Waals surface area contributed by atoms with E-state index >= 15 is 0 Å². The first-order valence-electron chi connectivity index (χ1n) is 7.34. The summed E-state index contributed by atoms with van der Waals surface area (Å²) in [7, 11) is 0. The molecule has 1 aromatic carbocycles. The first-order valence-corrected chi connectivity index (χ1v) is 8.33. The van der Waals surface area contributed by atoms with Crippen LogP contribution in [0.15, 0.2) is 29.4 Å². The molecule has 2 N–H and O–H groups in total. The zero-order valence-electron chi connectivity index (χ0n) is 13.0. The Balaban J connectivity index is 1.74. The minimum atomic E-state index is 0.593. The highest BCUT2D eigenvalue weighted by atomic mass is 32.2. The molecule has 9 heteroatoms. The van der Waals surface area contributed by atoms with Crippen molar-refractivity contribution < 1.29 is 0 Å². The maximum absolute atomic E-state index is 6.12. The summed E-state index contributed by atoms with van der Waals surface area (Å²) >= 11 is 1.46. The van der Waals surface area contributed by atoms with Crippen molar-refractivity contribution >= 4 is 11.8 Å². The molecule has 2 aromatic heterocycles. The maximum Gasteiger partial charge on any atom is 0.210 e. The summed E-state index contributed by atoms with van der Waals surface area (Å²) in [6, 6.07) is 8.02. The van der Waals surface area contributed by atoms with Gasteiger partial charge >= 0.3 is 0 Å². The van der Waals surface area contributed by atoms with Crippen molar-refractivity contribution in [2.75, 3.05) is 5.84 Å². The molecule has 3 rings (SSSR count). The lowest BCUT2D eigenvalue weighted by molar-refractivity contribution is 0.564. The summed E-state index contributed by atoms with van der Waals surface area (Å²) in [5, 5.41) is 20.7. The predicted octanol–water partition coefficient (Wildman–Crippen LogP) is 1.66. The van der Waals surface area contributed by atoms with Gasteiger partial charge in [-0.1, -0.05) is 48.5 Å². The Labute approximate surface area is 138 Å². The van der Waals surface area contributed by atoms with E-state index in [1.165, 1.54) is 22.0 Å². The Kier molecular flexibility index (Phi) is 4.56. The van der Waals surface area contributed by atoms with Crippen LogP contribution < -0.4 is 5.84 Å². The Hall–Kier alpha value is -2.42. The molecule has 0 aliphatic rings. The number of benzene rings is 1. The highest BCUT2D eigenvalue weighted by Gasteiger charge is 2.14. The van der Waals surface area contributed by atoms with E-state index in [9.17, 15) is 0 Å². The van der Waals surface area contributed by atoms with Gasteiger partial charge in [0.25, 0.3) is 0 Å². The predicted molar refractivity (Wildman–Crippen MR) is 88.0 cm³/mol. The maximum atomic E-state index is 6.12. The summed E-state index contributed by atoms with van der Waals surface area (Å²) < 4.78 is 3.30. The van der Waals surface area contributed by atoms with Crippen LogP contribution in [0, 0.1) is 6.92 Å². The molecule has 0 amide bonds. The first-order chi connectivity index (χ1) is 11.2. The fraction of sp³-hybridized carbons (Fsp3) is 0.357. The average molecular weight is 330 g/mol. The SMILES string of the molecule is CCCn1nnnc1CSc1nnc(-c2ccc(C)cc2)n1N. The monoisotopic (exact) mass is 330 g/mol. The summed E-state index contributed by atoms with van der Waals surface area (Å²) in [6.07, 6.45) is 0.980. The average Bonchev–Trinajstić information content (AvgIpc) is 3.14. The second kappa shape index (κ2) is 6.78. The molecule has 0 unspecified atom stereocenters. The summed E-state index contributed by atoms with van der Waals surface area (Å²) in [4.78, 5) is 0. The van der Waals surface area contributed by atoms with Crippen LogP contribution in [-0.2, 0) is 12.3 Å². The van der Waals surface area contributed by atoms with Gasteiger partial charge in [0.05, 0.1) is 5.75 Å². The molecule has 3 aromatic rings. The normalized spacial score (nSPS) is 11.0. The molecular formula is C14H18N8S. The zero-order chi connectivity index (χ0) is 16.2. The van der Waals surface area contributed by atoms with Crippen LogP contribution in [0.4, 0.5) is 0 Å². The molecule has 0 saturated heterocycles. The molecule has 0 radical (unpaired) electrons. The lowest BCUT2D eigenvalue weighted by Gasteiger charge is -2.04. The third-order valence-electron chi connectivity index (χ3n) is 3.35. The van der Waals surface area contributed by atoms with Crippen molar-refractivity contribution in [3.63, 3.8) is 0 Å². The van der Waals surface area contributed by atoms with E-state index in [-0.39, 0.29) is 0 Å². The lowest BCUT2D eigenvalue weighted by atomic mass is 10.1.